The highest BCUT2D eigenvalue weighted by atomic mass is 16.7. The molecule has 4 fully saturated rings. The molecule has 6 aliphatic rings. The largest absolute Gasteiger partial charge is 0.502 e. The number of likely N-dealkylation sites (tertiary alicyclic amines) is 1. The Morgan fingerprint density at radius 2 is 1.54 bits per heavy atom. The number of esters is 1. The maximum atomic E-state index is 14.5. The molecule has 2 N–H and O–H groups in total. The molecule has 8 rings (SSSR count). The molecule has 0 spiro atoms. The highest BCUT2D eigenvalue weighted by molar-refractivity contribution is 6.09. The summed E-state index contributed by atoms with van der Waals surface area (Å²) in [6.07, 6.45) is 1.41. The first kappa shape index (κ1) is 30.8. The average Bonchev–Trinajstić information content (AvgIpc) is 3.92. The summed E-state index contributed by atoms with van der Waals surface area (Å²) in [7, 11) is 2.86. The highest BCUT2D eigenvalue weighted by Crippen LogP contribution is 2.56. The van der Waals surface area contributed by atoms with Crippen LogP contribution in [0.5, 0.6) is 28.7 Å². The molecular formula is C35H38N2O11. The van der Waals surface area contributed by atoms with Gasteiger partial charge < -0.3 is 38.8 Å². The molecule has 13 heteroatoms. The van der Waals surface area contributed by atoms with Crippen molar-refractivity contribution in [3.63, 3.8) is 0 Å². The number of imide groups is 1. The van der Waals surface area contributed by atoms with Crippen LogP contribution in [0.3, 0.4) is 0 Å². The van der Waals surface area contributed by atoms with E-state index in [4.69, 9.17) is 28.4 Å². The second-order valence-electron chi connectivity index (χ2n) is 13.6. The number of hydrogen-bond acceptors (Lipinski definition) is 11. The summed E-state index contributed by atoms with van der Waals surface area (Å²) >= 11 is 0. The zero-order valence-corrected chi connectivity index (χ0v) is 27.1. The molecule has 254 valence electrons. The van der Waals surface area contributed by atoms with E-state index in [9.17, 15) is 24.3 Å². The molecule has 48 heavy (non-hydrogen) atoms. The van der Waals surface area contributed by atoms with E-state index in [-0.39, 0.29) is 60.6 Å². The zero-order chi connectivity index (χ0) is 33.6. The van der Waals surface area contributed by atoms with Crippen LogP contribution in [0.15, 0.2) is 24.3 Å². The fraction of sp³-hybridized carbons (Fsp3) is 0.543. The number of methoxy groups -OCH3 is 2. The molecule has 4 unspecified atom stereocenters. The summed E-state index contributed by atoms with van der Waals surface area (Å²) in [6.45, 7) is 3.83. The number of nitrogens with one attached hydrogen (secondary N) is 1. The Morgan fingerprint density at radius 3 is 2.12 bits per heavy atom. The Bertz CT molecular complexity index is 1670. The van der Waals surface area contributed by atoms with Crippen LogP contribution in [-0.4, -0.2) is 79.6 Å². The van der Waals surface area contributed by atoms with Crippen molar-refractivity contribution in [1.29, 1.82) is 0 Å². The quantitative estimate of drug-likeness (QED) is 0.316. The number of phenols is 1. The normalized spacial score (nSPS) is 32.0. The van der Waals surface area contributed by atoms with Gasteiger partial charge in [0.15, 0.2) is 23.0 Å². The number of benzene rings is 2. The Morgan fingerprint density at radius 1 is 0.938 bits per heavy atom. The van der Waals surface area contributed by atoms with E-state index in [0.29, 0.717) is 34.6 Å². The maximum Gasteiger partial charge on any atom is 0.310 e. The highest BCUT2D eigenvalue weighted by Gasteiger charge is 2.64. The van der Waals surface area contributed by atoms with E-state index >= 15 is 0 Å². The van der Waals surface area contributed by atoms with E-state index in [0.717, 1.165) is 12.8 Å². The smallest absolute Gasteiger partial charge is 0.310 e. The predicted octanol–water partition coefficient (Wildman–Crippen LogP) is 2.81. The number of phenolic OH excluding ortho intramolecular Hbond substituents is 1. The molecule has 5 aliphatic heterocycles. The first-order valence-corrected chi connectivity index (χ1v) is 16.5. The van der Waals surface area contributed by atoms with Gasteiger partial charge in [0, 0.05) is 11.8 Å². The number of nitrogens with zero attached hydrogens (tertiary/aromatic N) is 1. The lowest BCUT2D eigenvalue weighted by atomic mass is 9.65. The molecule has 0 aromatic heterocycles. The third-order valence-electron chi connectivity index (χ3n) is 11.4. The van der Waals surface area contributed by atoms with Crippen molar-refractivity contribution in [3.8, 4) is 28.7 Å². The van der Waals surface area contributed by atoms with Crippen LogP contribution in [0.1, 0.15) is 61.8 Å². The van der Waals surface area contributed by atoms with E-state index in [1.165, 1.54) is 19.1 Å². The van der Waals surface area contributed by atoms with E-state index in [2.05, 4.69) is 5.32 Å². The van der Waals surface area contributed by atoms with E-state index in [1.54, 1.807) is 12.1 Å². The molecule has 13 nitrogen and oxygen atoms in total. The molecule has 0 saturated carbocycles. The predicted molar refractivity (Wildman–Crippen MR) is 164 cm³/mol. The van der Waals surface area contributed by atoms with Gasteiger partial charge >= 0.3 is 5.97 Å². The number of aromatic hydroxyl groups is 1. The van der Waals surface area contributed by atoms with Crippen molar-refractivity contribution in [2.45, 2.75) is 63.3 Å². The Balaban J connectivity index is 1.21. The maximum absolute atomic E-state index is 14.5. The summed E-state index contributed by atoms with van der Waals surface area (Å²) in [5.41, 5.74) is 2.01. The molecule has 1 aliphatic carbocycles. The number of fused-ring (bicyclic) bond motifs is 8. The van der Waals surface area contributed by atoms with E-state index in [1.807, 2.05) is 26.0 Å². The minimum atomic E-state index is -1.04. The molecule has 5 heterocycles. The van der Waals surface area contributed by atoms with Gasteiger partial charge in [0.25, 0.3) is 0 Å². The van der Waals surface area contributed by atoms with Gasteiger partial charge in [-0.1, -0.05) is 20.3 Å². The van der Waals surface area contributed by atoms with Crippen molar-refractivity contribution in [1.82, 2.24) is 10.2 Å². The minimum Gasteiger partial charge on any atom is -0.502 e. The van der Waals surface area contributed by atoms with Crippen molar-refractivity contribution in [2.24, 2.45) is 29.6 Å². The molecule has 4 saturated heterocycles. The SMILES string of the molecule is CC[C@H](C)[C@@H](C(=O)N[C@@H]1c2cc3c(cc2[C@@H](c2cc(OC)c(O)c(OC)c2)[C@H]2C(=O)OC[C@@H]21)OCO3)N1C(=O)C2C3CCC(O3)C2C1=O. The zero-order valence-electron chi connectivity index (χ0n) is 27.1. The third-order valence-corrected chi connectivity index (χ3v) is 11.4. The van der Waals surface area contributed by atoms with Crippen molar-refractivity contribution in [3.05, 3.63) is 41.0 Å². The van der Waals surface area contributed by atoms with Gasteiger partial charge in [-0.2, -0.15) is 0 Å². The second-order valence-corrected chi connectivity index (χ2v) is 13.6. The molecule has 10 atom stereocenters. The second kappa shape index (κ2) is 11.3. The standard InChI is InChI=1S/C35H38N2O11/c1-5-14(2)30(37-33(40)27-19-6-7-20(48-19)28(27)34(37)41)32(39)36-29-17-11-22-21(46-13-47-22)10-16(17)25(26-18(29)12-45-35(26)42)15-8-23(43-3)31(38)24(9-15)44-4/h8-11,14,18-20,25-30,38H,5-7,12-13H2,1-4H3,(H,36,39)/t14-,18-,19?,20?,25+,26-,27?,28?,29+,30-/m0/s1. The van der Waals surface area contributed by atoms with Crippen LogP contribution in [0.4, 0.5) is 0 Å². The van der Waals surface area contributed by atoms with E-state index < -0.39 is 53.5 Å². The Kier molecular flexibility index (Phi) is 7.24. The summed E-state index contributed by atoms with van der Waals surface area (Å²) in [6, 6.07) is 5.18. The third kappa shape index (κ3) is 4.32. The van der Waals surface area contributed by atoms with Gasteiger partial charge in [0.1, 0.15) is 6.04 Å². The number of carbonyl (C=O) groups excluding carboxylic acids is 4. The van der Waals surface area contributed by atoms with Crippen LogP contribution in [0, 0.1) is 29.6 Å². The lowest BCUT2D eigenvalue weighted by Gasteiger charge is -2.41. The minimum absolute atomic E-state index is 0.0129. The fourth-order valence-corrected chi connectivity index (χ4v) is 8.94. The molecule has 0 radical (unpaired) electrons. The van der Waals surface area contributed by atoms with Crippen LogP contribution in [0.25, 0.3) is 0 Å². The Hall–Kier alpha value is -4.52. The first-order chi connectivity index (χ1) is 23.2. The van der Waals surface area contributed by atoms with Gasteiger partial charge in [0.2, 0.25) is 30.3 Å². The van der Waals surface area contributed by atoms with Crippen LogP contribution in [0.2, 0.25) is 0 Å². The summed E-state index contributed by atoms with van der Waals surface area (Å²) in [5, 5.41) is 13.8. The summed E-state index contributed by atoms with van der Waals surface area (Å²) in [4.78, 5) is 57.0. The number of ether oxygens (including phenoxy) is 6. The number of rotatable bonds is 8. The van der Waals surface area contributed by atoms with Gasteiger partial charge in [0.05, 0.1) is 56.8 Å². The number of cyclic esters (lactones) is 1. The monoisotopic (exact) mass is 662 g/mol. The van der Waals surface area contributed by atoms with Crippen LogP contribution in [-0.2, 0) is 28.7 Å². The number of carbonyl (C=O) groups is 4. The summed E-state index contributed by atoms with van der Waals surface area (Å²) in [5.74, 6) is -3.78. The summed E-state index contributed by atoms with van der Waals surface area (Å²) < 4.78 is 34.0. The van der Waals surface area contributed by atoms with Crippen LogP contribution < -0.4 is 24.3 Å². The molecule has 2 bridgehead atoms. The average molecular weight is 663 g/mol. The topological polar surface area (TPSA) is 159 Å². The van der Waals surface area contributed by atoms with Gasteiger partial charge in [-0.3, -0.25) is 24.1 Å². The molecule has 2 aromatic rings. The van der Waals surface area contributed by atoms with Gasteiger partial charge in [-0.15, -0.1) is 0 Å². The van der Waals surface area contributed by atoms with Crippen molar-refractivity contribution < 1.29 is 52.7 Å². The Labute approximate surface area is 276 Å². The van der Waals surface area contributed by atoms with Crippen molar-refractivity contribution >= 4 is 23.7 Å². The molecule has 2 aromatic carbocycles. The molecular weight excluding hydrogens is 624 g/mol. The number of hydrogen-bond donors (Lipinski definition) is 2. The first-order valence-electron chi connectivity index (χ1n) is 16.5. The van der Waals surface area contributed by atoms with Gasteiger partial charge in [-0.05, 0) is 59.7 Å². The number of amides is 3. The fourth-order valence-electron chi connectivity index (χ4n) is 8.94. The lowest BCUT2D eigenvalue weighted by Crippen LogP contribution is -2.55. The lowest BCUT2D eigenvalue weighted by molar-refractivity contribution is -0.152. The van der Waals surface area contributed by atoms with Crippen LogP contribution >= 0.6 is 0 Å². The van der Waals surface area contributed by atoms with Gasteiger partial charge in [-0.25, -0.2) is 0 Å². The molecule has 3 amide bonds. The van der Waals surface area contributed by atoms with Crippen molar-refractivity contribution in [2.75, 3.05) is 27.6 Å².